The first kappa shape index (κ1) is 10.6. The number of rotatable bonds is 2. The summed E-state index contributed by atoms with van der Waals surface area (Å²) in [6.07, 6.45) is 0.507. The first-order chi connectivity index (χ1) is 8.78. The van der Waals surface area contributed by atoms with Gasteiger partial charge in [-0.1, -0.05) is 30.3 Å². The van der Waals surface area contributed by atoms with Crippen LogP contribution in [0.3, 0.4) is 0 Å². The molecular weight excluding hydrogens is 234 g/mol. The molecule has 2 amide bonds. The minimum absolute atomic E-state index is 0.0452. The number of carbonyl (C=O) groups excluding carboxylic acids is 2. The average Bonchev–Trinajstić information content (AvgIpc) is 2.81. The summed E-state index contributed by atoms with van der Waals surface area (Å²) in [6.45, 7) is 0. The van der Waals surface area contributed by atoms with Crippen molar-refractivity contribution in [2.24, 2.45) is 9.98 Å². The number of aliphatic imine (C=N–C) groups is 2. The number of nitrogens with one attached hydrogen (secondary N) is 1. The van der Waals surface area contributed by atoms with E-state index in [2.05, 4.69) is 15.3 Å². The number of ether oxygens (including phenoxy) is 1. The van der Waals surface area contributed by atoms with Crippen LogP contribution in [0.5, 0.6) is 0 Å². The normalized spacial score (nSPS) is 25.4. The molecule has 3 rings (SSSR count). The van der Waals surface area contributed by atoms with Gasteiger partial charge in [-0.15, -0.1) is 0 Å². The maximum Gasteiger partial charge on any atom is 0.344 e. The van der Waals surface area contributed by atoms with Gasteiger partial charge in [-0.25, -0.2) is 9.79 Å². The lowest BCUT2D eigenvalue weighted by Crippen LogP contribution is -2.42. The lowest BCUT2D eigenvalue weighted by molar-refractivity contribution is -0.103. The summed E-state index contributed by atoms with van der Waals surface area (Å²) in [5.41, 5.74) is 0.891. The molecule has 2 aliphatic heterocycles. The summed E-state index contributed by atoms with van der Waals surface area (Å²) in [7, 11) is 0. The van der Waals surface area contributed by atoms with Crippen LogP contribution in [0, 0.1) is 0 Å². The Hall–Kier alpha value is -2.50. The number of fused-ring (bicyclic) bond motifs is 1. The molecule has 1 aromatic rings. The Balaban J connectivity index is 2.01. The van der Waals surface area contributed by atoms with Crippen LogP contribution in [-0.4, -0.2) is 30.2 Å². The molecule has 2 heterocycles. The van der Waals surface area contributed by atoms with Gasteiger partial charge in [0.15, 0.2) is 6.04 Å². The minimum Gasteiger partial charge on any atom is -0.419 e. The smallest absolute Gasteiger partial charge is 0.344 e. The van der Waals surface area contributed by atoms with E-state index < -0.39 is 12.1 Å². The van der Waals surface area contributed by atoms with E-state index in [4.69, 9.17) is 4.74 Å². The Labute approximate surface area is 102 Å². The topological polar surface area (TPSA) is 80.1 Å². The van der Waals surface area contributed by atoms with Crippen LogP contribution >= 0.6 is 0 Å². The summed E-state index contributed by atoms with van der Waals surface area (Å²) in [4.78, 5) is 29.9. The summed E-state index contributed by atoms with van der Waals surface area (Å²) in [5, 5.41) is 2.72. The number of carbonyl (C=O) groups is 2. The molecule has 0 fully saturated rings. The third kappa shape index (κ3) is 1.67. The van der Waals surface area contributed by atoms with E-state index in [0.29, 0.717) is 6.29 Å². The average molecular weight is 243 g/mol. The second-order valence-electron chi connectivity index (χ2n) is 3.92. The number of aldehydes is 1. The van der Waals surface area contributed by atoms with E-state index in [1.165, 1.54) is 0 Å². The van der Waals surface area contributed by atoms with Crippen molar-refractivity contribution in [3.05, 3.63) is 35.9 Å². The maximum absolute atomic E-state index is 11.5. The molecule has 0 aliphatic carbocycles. The second kappa shape index (κ2) is 4.06. The van der Waals surface area contributed by atoms with Gasteiger partial charge in [0.05, 0.1) is 6.04 Å². The number of amides is 2. The highest BCUT2D eigenvalue weighted by Crippen LogP contribution is 2.27. The van der Waals surface area contributed by atoms with Crippen LogP contribution in [-0.2, 0) is 9.53 Å². The summed E-state index contributed by atoms with van der Waals surface area (Å²) in [6, 6.07) is 8.06. The van der Waals surface area contributed by atoms with Gasteiger partial charge in [-0.3, -0.25) is 4.79 Å². The minimum atomic E-state index is -0.488. The molecule has 6 heteroatoms. The zero-order chi connectivity index (χ0) is 12.5. The van der Waals surface area contributed by atoms with E-state index in [-0.39, 0.29) is 17.8 Å². The van der Waals surface area contributed by atoms with Crippen molar-refractivity contribution in [2.45, 2.75) is 12.1 Å². The molecule has 0 radical (unpaired) electrons. The first-order valence-corrected chi connectivity index (χ1v) is 5.43. The summed E-state index contributed by atoms with van der Waals surface area (Å²) >= 11 is 0. The predicted molar refractivity (Wildman–Crippen MR) is 63.5 cm³/mol. The van der Waals surface area contributed by atoms with Crippen LogP contribution in [0.25, 0.3) is 0 Å². The SMILES string of the molecule is O=CC1=NC2C(=NC(=O)NC2c2ccccc2)O1. The van der Waals surface area contributed by atoms with E-state index in [0.717, 1.165) is 5.56 Å². The molecule has 6 nitrogen and oxygen atoms in total. The Morgan fingerprint density at radius 2 is 2.06 bits per heavy atom. The molecule has 2 aliphatic rings. The molecule has 2 unspecified atom stereocenters. The first-order valence-electron chi connectivity index (χ1n) is 5.43. The summed E-state index contributed by atoms with van der Waals surface area (Å²) < 4.78 is 5.11. The molecule has 0 spiro atoms. The predicted octanol–water partition coefficient (Wildman–Crippen LogP) is 0.846. The number of hydrogen-bond donors (Lipinski definition) is 1. The monoisotopic (exact) mass is 243 g/mol. The van der Waals surface area contributed by atoms with Crippen LogP contribution in [0.15, 0.2) is 40.3 Å². The standard InChI is InChI=1S/C12H9N3O3/c16-6-8-13-10-9(7-4-2-1-3-5-7)14-12(17)15-11(10)18-8/h1-6,9-10H,(H,14,17). The number of hydrogen-bond acceptors (Lipinski definition) is 4. The molecule has 1 N–H and O–H groups in total. The van der Waals surface area contributed by atoms with Crippen LogP contribution in [0.2, 0.25) is 0 Å². The van der Waals surface area contributed by atoms with E-state index in [1.54, 1.807) is 0 Å². The van der Waals surface area contributed by atoms with E-state index >= 15 is 0 Å². The van der Waals surface area contributed by atoms with Crippen LogP contribution in [0.4, 0.5) is 4.79 Å². The van der Waals surface area contributed by atoms with Crippen molar-refractivity contribution in [3.63, 3.8) is 0 Å². The van der Waals surface area contributed by atoms with Crippen molar-refractivity contribution in [1.82, 2.24) is 5.32 Å². The molecule has 2 atom stereocenters. The number of nitrogens with zero attached hydrogens (tertiary/aromatic N) is 2. The number of benzene rings is 1. The molecule has 0 aromatic heterocycles. The van der Waals surface area contributed by atoms with Gasteiger partial charge in [0.1, 0.15) is 0 Å². The molecule has 18 heavy (non-hydrogen) atoms. The van der Waals surface area contributed by atoms with Gasteiger partial charge < -0.3 is 10.1 Å². The lowest BCUT2D eigenvalue weighted by atomic mass is 9.99. The molecule has 0 bridgehead atoms. The largest absolute Gasteiger partial charge is 0.419 e. The zero-order valence-electron chi connectivity index (χ0n) is 9.24. The van der Waals surface area contributed by atoms with Gasteiger partial charge in [-0.2, -0.15) is 4.99 Å². The highest BCUT2D eigenvalue weighted by atomic mass is 16.5. The molecule has 1 aromatic carbocycles. The van der Waals surface area contributed by atoms with Crippen LogP contribution in [0.1, 0.15) is 11.6 Å². The maximum atomic E-state index is 11.5. The molecular formula is C12H9N3O3. The quantitative estimate of drug-likeness (QED) is 0.782. The van der Waals surface area contributed by atoms with Crippen molar-refractivity contribution < 1.29 is 14.3 Å². The Kier molecular flexibility index (Phi) is 2.40. The van der Waals surface area contributed by atoms with E-state index in [9.17, 15) is 9.59 Å². The number of urea groups is 1. The van der Waals surface area contributed by atoms with Crippen molar-refractivity contribution >= 4 is 24.1 Å². The third-order valence-electron chi connectivity index (χ3n) is 2.79. The fourth-order valence-electron chi connectivity index (χ4n) is 2.02. The second-order valence-corrected chi connectivity index (χ2v) is 3.92. The Morgan fingerprint density at radius 3 is 2.78 bits per heavy atom. The Bertz CT molecular complexity index is 565. The van der Waals surface area contributed by atoms with Crippen molar-refractivity contribution in [3.8, 4) is 0 Å². The van der Waals surface area contributed by atoms with Gasteiger partial charge in [-0.05, 0) is 5.56 Å². The summed E-state index contributed by atoms with van der Waals surface area (Å²) in [5.74, 6) is 0.130. The van der Waals surface area contributed by atoms with Gasteiger partial charge in [0.2, 0.25) is 12.2 Å². The van der Waals surface area contributed by atoms with Crippen molar-refractivity contribution in [2.75, 3.05) is 0 Å². The van der Waals surface area contributed by atoms with E-state index in [1.807, 2.05) is 30.3 Å². The molecule has 0 saturated carbocycles. The highest BCUT2D eigenvalue weighted by molar-refractivity contribution is 6.29. The fraction of sp³-hybridized carbons (Fsp3) is 0.167. The lowest BCUT2D eigenvalue weighted by Gasteiger charge is -2.24. The van der Waals surface area contributed by atoms with Gasteiger partial charge in [0.25, 0.3) is 5.90 Å². The van der Waals surface area contributed by atoms with Crippen molar-refractivity contribution in [1.29, 1.82) is 0 Å². The zero-order valence-corrected chi connectivity index (χ0v) is 9.24. The third-order valence-corrected chi connectivity index (χ3v) is 2.79. The fourth-order valence-corrected chi connectivity index (χ4v) is 2.02. The highest BCUT2D eigenvalue weighted by Gasteiger charge is 2.39. The van der Waals surface area contributed by atoms with Gasteiger partial charge in [0, 0.05) is 0 Å². The van der Waals surface area contributed by atoms with Crippen LogP contribution < -0.4 is 5.32 Å². The molecule has 0 saturated heterocycles. The van der Waals surface area contributed by atoms with Gasteiger partial charge >= 0.3 is 6.03 Å². The molecule has 90 valence electrons. The Morgan fingerprint density at radius 1 is 1.28 bits per heavy atom.